The first-order chi connectivity index (χ1) is 13.1. The lowest BCUT2D eigenvalue weighted by Crippen LogP contribution is -2.20. The lowest BCUT2D eigenvalue weighted by atomic mass is 10.0. The zero-order valence-corrected chi connectivity index (χ0v) is 16.6. The molecule has 0 fully saturated rings. The molecule has 0 N–H and O–H groups in total. The monoisotopic (exact) mass is 394 g/mol. The molecular formula is C22H19ClN2OS. The van der Waals surface area contributed by atoms with Crippen LogP contribution in [0.1, 0.15) is 16.9 Å². The number of nitrogens with zero attached hydrogens (tertiary/aromatic N) is 2. The average Bonchev–Trinajstić information content (AvgIpc) is 3.02. The number of thiophene rings is 1. The maximum atomic E-state index is 13.1. The first-order valence-electron chi connectivity index (χ1n) is 8.92. The number of rotatable bonds is 5. The topological polar surface area (TPSA) is 34.9 Å². The van der Waals surface area contributed by atoms with Crippen molar-refractivity contribution in [3.05, 3.63) is 86.7 Å². The molecule has 5 heteroatoms. The van der Waals surface area contributed by atoms with Crippen LogP contribution in [0.2, 0.25) is 5.02 Å². The zero-order chi connectivity index (χ0) is 18.8. The van der Waals surface area contributed by atoms with Crippen molar-refractivity contribution in [2.45, 2.75) is 26.3 Å². The molecule has 2 aromatic carbocycles. The van der Waals surface area contributed by atoms with Gasteiger partial charge < -0.3 is 0 Å². The quantitative estimate of drug-likeness (QED) is 0.434. The molecule has 0 saturated heterocycles. The predicted molar refractivity (Wildman–Crippen MR) is 114 cm³/mol. The lowest BCUT2D eigenvalue weighted by Gasteiger charge is -2.07. The normalized spacial score (nSPS) is 11.2. The number of benzene rings is 2. The second-order valence-electron chi connectivity index (χ2n) is 6.55. The van der Waals surface area contributed by atoms with E-state index in [0.717, 1.165) is 33.7 Å². The standard InChI is InChI=1S/C22H19ClN2OS/c1-15-19(17-9-11-18(23)12-10-17)20-21(27-15)24-14-25(22(20)26)13-5-8-16-6-3-2-4-7-16/h2-4,6-7,9-12,14H,5,8,13H2,1H3. The first kappa shape index (κ1) is 18.0. The van der Waals surface area contributed by atoms with Crippen LogP contribution in [0.5, 0.6) is 0 Å². The van der Waals surface area contributed by atoms with E-state index in [1.165, 1.54) is 5.56 Å². The van der Waals surface area contributed by atoms with Gasteiger partial charge in [-0.25, -0.2) is 4.98 Å². The molecule has 27 heavy (non-hydrogen) atoms. The molecule has 0 radical (unpaired) electrons. The molecule has 0 saturated carbocycles. The van der Waals surface area contributed by atoms with Crippen molar-refractivity contribution in [3.63, 3.8) is 0 Å². The summed E-state index contributed by atoms with van der Waals surface area (Å²) in [5.74, 6) is 0. The maximum Gasteiger partial charge on any atom is 0.262 e. The van der Waals surface area contributed by atoms with Crippen molar-refractivity contribution in [1.82, 2.24) is 9.55 Å². The van der Waals surface area contributed by atoms with Gasteiger partial charge in [0.15, 0.2) is 0 Å². The van der Waals surface area contributed by atoms with Crippen molar-refractivity contribution in [3.8, 4) is 11.1 Å². The van der Waals surface area contributed by atoms with Gasteiger partial charge in [-0.1, -0.05) is 54.1 Å². The lowest BCUT2D eigenvalue weighted by molar-refractivity contribution is 0.618. The van der Waals surface area contributed by atoms with E-state index in [1.807, 2.05) is 49.4 Å². The predicted octanol–water partition coefficient (Wildman–Crippen LogP) is 5.72. The second-order valence-corrected chi connectivity index (χ2v) is 8.19. The van der Waals surface area contributed by atoms with Crippen LogP contribution in [0.4, 0.5) is 0 Å². The van der Waals surface area contributed by atoms with Gasteiger partial charge in [0.2, 0.25) is 0 Å². The van der Waals surface area contributed by atoms with Crippen LogP contribution in [0.25, 0.3) is 21.3 Å². The van der Waals surface area contributed by atoms with Crippen LogP contribution in [-0.4, -0.2) is 9.55 Å². The molecule has 0 amide bonds. The van der Waals surface area contributed by atoms with E-state index in [0.29, 0.717) is 17.0 Å². The molecule has 4 rings (SSSR count). The van der Waals surface area contributed by atoms with E-state index in [4.69, 9.17) is 11.6 Å². The molecule has 0 aliphatic rings. The first-order valence-corrected chi connectivity index (χ1v) is 10.1. The number of hydrogen-bond acceptors (Lipinski definition) is 3. The summed E-state index contributed by atoms with van der Waals surface area (Å²) < 4.78 is 1.73. The number of hydrogen-bond donors (Lipinski definition) is 0. The highest BCUT2D eigenvalue weighted by Gasteiger charge is 2.16. The van der Waals surface area contributed by atoms with Gasteiger partial charge in [-0.2, -0.15) is 0 Å². The molecule has 0 bridgehead atoms. The van der Waals surface area contributed by atoms with Gasteiger partial charge in [-0.15, -0.1) is 11.3 Å². The van der Waals surface area contributed by atoms with E-state index in [1.54, 1.807) is 22.2 Å². The Bertz CT molecular complexity index is 1130. The number of halogens is 1. The van der Waals surface area contributed by atoms with Crippen LogP contribution in [-0.2, 0) is 13.0 Å². The van der Waals surface area contributed by atoms with Crippen LogP contribution in [0.15, 0.2) is 65.7 Å². The van der Waals surface area contributed by atoms with Gasteiger partial charge in [0.05, 0.1) is 11.7 Å². The zero-order valence-electron chi connectivity index (χ0n) is 15.0. The maximum absolute atomic E-state index is 13.1. The molecule has 0 atom stereocenters. The third-order valence-electron chi connectivity index (χ3n) is 4.69. The SMILES string of the molecule is Cc1sc2ncn(CCCc3ccccc3)c(=O)c2c1-c1ccc(Cl)cc1. The Hall–Kier alpha value is -2.43. The minimum Gasteiger partial charge on any atom is -0.299 e. The highest BCUT2D eigenvalue weighted by Crippen LogP contribution is 2.35. The van der Waals surface area contributed by atoms with Crippen LogP contribution in [0.3, 0.4) is 0 Å². The Morgan fingerprint density at radius 1 is 1.07 bits per heavy atom. The molecule has 0 unspecified atom stereocenters. The van der Waals surface area contributed by atoms with E-state index >= 15 is 0 Å². The Morgan fingerprint density at radius 2 is 1.81 bits per heavy atom. The summed E-state index contributed by atoms with van der Waals surface area (Å²) in [6.07, 6.45) is 3.52. The molecular weight excluding hydrogens is 376 g/mol. The Morgan fingerprint density at radius 3 is 2.56 bits per heavy atom. The van der Waals surface area contributed by atoms with Crippen LogP contribution >= 0.6 is 22.9 Å². The third kappa shape index (κ3) is 3.68. The Kier molecular flexibility index (Phi) is 5.10. The molecule has 136 valence electrons. The highest BCUT2D eigenvalue weighted by molar-refractivity contribution is 7.19. The van der Waals surface area contributed by atoms with Gasteiger partial charge in [0.1, 0.15) is 4.83 Å². The highest BCUT2D eigenvalue weighted by atomic mass is 35.5. The van der Waals surface area contributed by atoms with Crippen molar-refractivity contribution in [2.75, 3.05) is 0 Å². The van der Waals surface area contributed by atoms with Gasteiger partial charge in [-0.05, 0) is 43.0 Å². The molecule has 0 aliphatic carbocycles. The van der Waals surface area contributed by atoms with Crippen molar-refractivity contribution >= 4 is 33.2 Å². The largest absolute Gasteiger partial charge is 0.299 e. The molecule has 2 aromatic heterocycles. The second kappa shape index (κ2) is 7.67. The fourth-order valence-corrected chi connectivity index (χ4v) is 4.49. The Labute approximate surface area is 166 Å². The fraction of sp³-hybridized carbons (Fsp3) is 0.182. The van der Waals surface area contributed by atoms with E-state index in [9.17, 15) is 4.79 Å². The summed E-state index contributed by atoms with van der Waals surface area (Å²) in [5.41, 5.74) is 3.29. The van der Waals surface area contributed by atoms with E-state index < -0.39 is 0 Å². The summed E-state index contributed by atoms with van der Waals surface area (Å²) in [6, 6.07) is 18.0. The van der Waals surface area contributed by atoms with Gasteiger partial charge >= 0.3 is 0 Å². The summed E-state index contributed by atoms with van der Waals surface area (Å²) in [7, 11) is 0. The van der Waals surface area contributed by atoms with E-state index in [2.05, 4.69) is 17.1 Å². The van der Waals surface area contributed by atoms with Crippen LogP contribution in [0, 0.1) is 6.92 Å². The summed E-state index contributed by atoms with van der Waals surface area (Å²) in [6.45, 7) is 2.70. The molecule has 3 nitrogen and oxygen atoms in total. The summed E-state index contributed by atoms with van der Waals surface area (Å²) in [5, 5.41) is 1.40. The van der Waals surface area contributed by atoms with Crippen LogP contribution < -0.4 is 5.56 Å². The van der Waals surface area contributed by atoms with Gasteiger partial charge in [-0.3, -0.25) is 9.36 Å². The Balaban J connectivity index is 1.67. The summed E-state index contributed by atoms with van der Waals surface area (Å²) in [4.78, 5) is 19.6. The minimum absolute atomic E-state index is 0.0300. The number of fused-ring (bicyclic) bond motifs is 1. The minimum atomic E-state index is 0.0300. The molecule has 4 aromatic rings. The molecule has 2 heterocycles. The van der Waals surface area contributed by atoms with Gasteiger partial charge in [0.25, 0.3) is 5.56 Å². The van der Waals surface area contributed by atoms with Crippen molar-refractivity contribution in [1.29, 1.82) is 0 Å². The van der Waals surface area contributed by atoms with Crippen molar-refractivity contribution < 1.29 is 0 Å². The number of aromatic nitrogens is 2. The fourth-order valence-electron chi connectivity index (χ4n) is 3.36. The average molecular weight is 395 g/mol. The third-order valence-corrected chi connectivity index (χ3v) is 5.96. The number of aryl methyl sites for hydroxylation is 3. The van der Waals surface area contributed by atoms with Crippen molar-refractivity contribution in [2.24, 2.45) is 0 Å². The van der Waals surface area contributed by atoms with Gasteiger partial charge in [0, 0.05) is 22.0 Å². The van der Waals surface area contributed by atoms with E-state index in [-0.39, 0.29) is 5.56 Å². The molecule has 0 spiro atoms. The summed E-state index contributed by atoms with van der Waals surface area (Å²) >= 11 is 7.58. The molecule has 0 aliphatic heterocycles. The smallest absolute Gasteiger partial charge is 0.262 e.